The van der Waals surface area contributed by atoms with Crippen LogP contribution in [0.4, 0.5) is 0 Å². The van der Waals surface area contributed by atoms with Gasteiger partial charge in [-0.3, -0.25) is 4.79 Å². The highest BCUT2D eigenvalue weighted by Gasteiger charge is 2.31. The predicted molar refractivity (Wildman–Crippen MR) is 51.8 cm³/mol. The number of nitrogens with one attached hydrogen (secondary N) is 1. The van der Waals surface area contributed by atoms with Crippen molar-refractivity contribution in [1.29, 1.82) is 0 Å². The maximum atomic E-state index is 11.1. The fourth-order valence-corrected chi connectivity index (χ4v) is 2.64. The molecule has 0 saturated carbocycles. The minimum atomic E-state index is 0.144. The lowest BCUT2D eigenvalue weighted by Gasteiger charge is -2.09. The van der Waals surface area contributed by atoms with Crippen LogP contribution in [0.5, 0.6) is 0 Å². The lowest BCUT2D eigenvalue weighted by Crippen LogP contribution is -2.24. The summed E-state index contributed by atoms with van der Waals surface area (Å²) in [4.78, 5) is 15.5. The van der Waals surface area contributed by atoms with Gasteiger partial charge in [-0.15, -0.1) is 11.3 Å². The van der Waals surface area contributed by atoms with Crippen LogP contribution >= 0.6 is 11.3 Å². The Morgan fingerprint density at radius 1 is 1.69 bits per heavy atom. The fraction of sp³-hybridized carbons (Fsp3) is 0.556. The molecule has 1 fully saturated rings. The Bertz CT molecular complexity index is 334. The van der Waals surface area contributed by atoms with Gasteiger partial charge < -0.3 is 5.32 Å². The number of carbonyl (C=O) groups excluding carboxylic acids is 1. The molecule has 4 heteroatoms. The standard InChI is InChI=1S/C9H12N2OS/c1-5-4-13-9(10-5)7-3-8(12)11-6(7)2/h4,6-7H,3H2,1-2H3,(H,11,12). The van der Waals surface area contributed by atoms with Gasteiger partial charge in [0.1, 0.15) is 0 Å². The van der Waals surface area contributed by atoms with Crippen LogP contribution in [0.1, 0.15) is 30.0 Å². The first-order valence-corrected chi connectivity index (χ1v) is 5.26. The van der Waals surface area contributed by atoms with Crippen molar-refractivity contribution < 1.29 is 4.79 Å². The van der Waals surface area contributed by atoms with Gasteiger partial charge in [-0.1, -0.05) is 0 Å². The fourth-order valence-electron chi connectivity index (χ4n) is 1.63. The van der Waals surface area contributed by atoms with Gasteiger partial charge in [-0.25, -0.2) is 4.98 Å². The number of aromatic nitrogens is 1. The minimum Gasteiger partial charge on any atom is -0.353 e. The topological polar surface area (TPSA) is 42.0 Å². The van der Waals surface area contributed by atoms with Gasteiger partial charge in [0, 0.05) is 29.5 Å². The van der Waals surface area contributed by atoms with E-state index in [4.69, 9.17) is 0 Å². The van der Waals surface area contributed by atoms with E-state index in [9.17, 15) is 4.79 Å². The molecule has 2 rings (SSSR count). The van der Waals surface area contributed by atoms with E-state index in [-0.39, 0.29) is 17.9 Å². The molecule has 1 aromatic rings. The summed E-state index contributed by atoms with van der Waals surface area (Å²) in [7, 11) is 0. The average Bonchev–Trinajstić information content (AvgIpc) is 2.58. The average molecular weight is 196 g/mol. The predicted octanol–water partition coefficient (Wildman–Crippen LogP) is 1.44. The molecule has 13 heavy (non-hydrogen) atoms. The number of hydrogen-bond donors (Lipinski definition) is 1. The van der Waals surface area contributed by atoms with Gasteiger partial charge in [0.25, 0.3) is 0 Å². The van der Waals surface area contributed by atoms with Crippen LogP contribution in [0.15, 0.2) is 5.38 Å². The van der Waals surface area contributed by atoms with Gasteiger partial charge in [-0.05, 0) is 13.8 Å². The van der Waals surface area contributed by atoms with Gasteiger partial charge >= 0.3 is 0 Å². The zero-order chi connectivity index (χ0) is 9.42. The van der Waals surface area contributed by atoms with Gasteiger partial charge in [0.15, 0.2) is 0 Å². The van der Waals surface area contributed by atoms with Crippen LogP contribution in [0.25, 0.3) is 0 Å². The number of aryl methyl sites for hydroxylation is 1. The van der Waals surface area contributed by atoms with Crippen LogP contribution in [-0.2, 0) is 4.79 Å². The summed E-state index contributed by atoms with van der Waals surface area (Å²) >= 11 is 1.65. The van der Waals surface area contributed by atoms with Gasteiger partial charge in [0.05, 0.1) is 5.01 Å². The van der Waals surface area contributed by atoms with Crippen molar-refractivity contribution in [2.24, 2.45) is 0 Å². The first-order chi connectivity index (χ1) is 6.16. The highest BCUT2D eigenvalue weighted by atomic mass is 32.1. The van der Waals surface area contributed by atoms with Crippen LogP contribution < -0.4 is 5.32 Å². The maximum absolute atomic E-state index is 11.1. The summed E-state index contributed by atoms with van der Waals surface area (Å²) in [5.74, 6) is 0.427. The van der Waals surface area contributed by atoms with E-state index in [1.807, 2.05) is 19.2 Å². The van der Waals surface area contributed by atoms with E-state index in [1.165, 1.54) is 0 Å². The molecule has 1 aliphatic heterocycles. The molecule has 0 spiro atoms. The van der Waals surface area contributed by atoms with Gasteiger partial charge in [0.2, 0.25) is 5.91 Å². The molecule has 2 atom stereocenters. The van der Waals surface area contributed by atoms with Crippen molar-refractivity contribution in [3.8, 4) is 0 Å². The normalized spacial score (nSPS) is 27.7. The van der Waals surface area contributed by atoms with Crippen LogP contribution in [-0.4, -0.2) is 16.9 Å². The zero-order valence-electron chi connectivity index (χ0n) is 7.70. The van der Waals surface area contributed by atoms with Crippen molar-refractivity contribution in [1.82, 2.24) is 10.3 Å². The number of nitrogens with zero attached hydrogens (tertiary/aromatic N) is 1. The Balaban J connectivity index is 2.22. The van der Waals surface area contributed by atoms with Crippen molar-refractivity contribution >= 4 is 17.2 Å². The Morgan fingerprint density at radius 3 is 2.92 bits per heavy atom. The molecule has 70 valence electrons. The molecule has 2 heterocycles. The number of amides is 1. The highest BCUT2D eigenvalue weighted by Crippen LogP contribution is 2.30. The molecule has 0 bridgehead atoms. The summed E-state index contributed by atoms with van der Waals surface area (Å²) < 4.78 is 0. The van der Waals surface area contributed by atoms with Crippen molar-refractivity contribution in [2.45, 2.75) is 32.2 Å². The SMILES string of the molecule is Cc1csc(C2CC(=O)NC2C)n1. The molecule has 0 aliphatic carbocycles. The summed E-state index contributed by atoms with van der Waals surface area (Å²) in [6.07, 6.45) is 0.591. The summed E-state index contributed by atoms with van der Waals surface area (Å²) in [5, 5.41) is 6.02. The first kappa shape index (κ1) is 8.69. The van der Waals surface area contributed by atoms with Crippen LogP contribution in [0.2, 0.25) is 0 Å². The molecular formula is C9H12N2OS. The molecule has 1 N–H and O–H groups in total. The van der Waals surface area contributed by atoms with Crippen molar-refractivity contribution in [3.63, 3.8) is 0 Å². The molecule has 0 radical (unpaired) electrons. The van der Waals surface area contributed by atoms with E-state index in [0.717, 1.165) is 10.7 Å². The number of thiazole rings is 1. The van der Waals surface area contributed by atoms with E-state index in [2.05, 4.69) is 10.3 Å². The third-order valence-corrected chi connectivity index (χ3v) is 3.45. The molecule has 2 unspecified atom stereocenters. The molecule has 3 nitrogen and oxygen atoms in total. The molecule has 0 aromatic carbocycles. The Hall–Kier alpha value is -0.900. The molecule has 1 aromatic heterocycles. The second-order valence-corrected chi connectivity index (χ2v) is 4.38. The third-order valence-electron chi connectivity index (χ3n) is 2.35. The van der Waals surface area contributed by atoms with E-state index < -0.39 is 0 Å². The lowest BCUT2D eigenvalue weighted by atomic mass is 10.0. The number of rotatable bonds is 1. The van der Waals surface area contributed by atoms with Crippen LogP contribution in [0.3, 0.4) is 0 Å². The van der Waals surface area contributed by atoms with E-state index in [1.54, 1.807) is 11.3 Å². The Morgan fingerprint density at radius 2 is 2.46 bits per heavy atom. The Kier molecular flexibility index (Phi) is 2.07. The second kappa shape index (κ2) is 3.10. The van der Waals surface area contributed by atoms with Gasteiger partial charge in [-0.2, -0.15) is 0 Å². The molecular weight excluding hydrogens is 184 g/mol. The first-order valence-electron chi connectivity index (χ1n) is 4.38. The largest absolute Gasteiger partial charge is 0.353 e. The third kappa shape index (κ3) is 1.58. The number of hydrogen-bond acceptors (Lipinski definition) is 3. The van der Waals surface area contributed by atoms with Crippen molar-refractivity contribution in [2.75, 3.05) is 0 Å². The van der Waals surface area contributed by atoms with Crippen LogP contribution in [0, 0.1) is 6.92 Å². The minimum absolute atomic E-state index is 0.144. The van der Waals surface area contributed by atoms with E-state index >= 15 is 0 Å². The zero-order valence-corrected chi connectivity index (χ0v) is 8.52. The van der Waals surface area contributed by atoms with E-state index in [0.29, 0.717) is 6.42 Å². The highest BCUT2D eigenvalue weighted by molar-refractivity contribution is 7.09. The monoisotopic (exact) mass is 196 g/mol. The van der Waals surface area contributed by atoms with Crippen molar-refractivity contribution in [3.05, 3.63) is 16.1 Å². The molecule has 1 saturated heterocycles. The quantitative estimate of drug-likeness (QED) is 0.738. The number of carbonyl (C=O) groups is 1. The smallest absolute Gasteiger partial charge is 0.221 e. The Labute approximate surface area is 81.2 Å². The summed E-state index contributed by atoms with van der Waals surface area (Å²) in [6, 6.07) is 0.234. The summed E-state index contributed by atoms with van der Waals surface area (Å²) in [5.41, 5.74) is 1.05. The maximum Gasteiger partial charge on any atom is 0.221 e. The lowest BCUT2D eigenvalue weighted by molar-refractivity contribution is -0.119. The summed E-state index contributed by atoms with van der Waals surface area (Å²) in [6.45, 7) is 4.02. The second-order valence-electron chi connectivity index (χ2n) is 3.49. The molecule has 1 amide bonds. The molecule has 1 aliphatic rings.